The Morgan fingerprint density at radius 3 is 2.09 bits per heavy atom. The first-order chi connectivity index (χ1) is 20.8. The van der Waals surface area contributed by atoms with E-state index in [0.29, 0.717) is 11.5 Å². The van der Waals surface area contributed by atoms with Crippen LogP contribution in [0.25, 0.3) is 0 Å². The van der Waals surface area contributed by atoms with Gasteiger partial charge in [-0.15, -0.1) is 0 Å². The second-order valence-corrected chi connectivity index (χ2v) is 14.3. The van der Waals surface area contributed by atoms with Gasteiger partial charge >= 0.3 is 0 Å². The highest BCUT2D eigenvalue weighted by Crippen LogP contribution is 2.32. The van der Waals surface area contributed by atoms with Crippen LogP contribution < -0.4 is 18.9 Å². The summed E-state index contributed by atoms with van der Waals surface area (Å²) in [7, 11) is -3.49. The molecule has 0 fully saturated rings. The molecule has 1 heterocycles. The Kier molecular flexibility index (Phi) is 10.1. The Morgan fingerprint density at radius 1 is 0.977 bits per heavy atom. The molecule has 0 spiro atoms. The quantitative estimate of drug-likeness (QED) is 0.320. The van der Waals surface area contributed by atoms with Crippen molar-refractivity contribution in [2.45, 2.75) is 35.8 Å². The molecule has 3 atom stereocenters. The number of anilines is 1. The van der Waals surface area contributed by atoms with Gasteiger partial charge in [0.1, 0.15) is 23.4 Å². The van der Waals surface area contributed by atoms with Gasteiger partial charge in [-0.2, -0.15) is 4.31 Å². The fraction of sp³-hybridized carbons (Fsp3) is 0.367. The van der Waals surface area contributed by atoms with Crippen molar-refractivity contribution in [3.05, 3.63) is 72.3 Å². The molecule has 3 aromatic carbocycles. The third-order valence-corrected chi connectivity index (χ3v) is 10.7. The van der Waals surface area contributed by atoms with E-state index in [1.54, 1.807) is 19.1 Å². The van der Waals surface area contributed by atoms with E-state index in [2.05, 4.69) is 4.72 Å². The minimum absolute atomic E-state index is 0.00172. The summed E-state index contributed by atoms with van der Waals surface area (Å²) >= 11 is 0. The number of aliphatic hydroxyl groups excluding tert-OH is 1. The second kappa shape index (κ2) is 13.4. The van der Waals surface area contributed by atoms with Crippen LogP contribution in [0.2, 0.25) is 0 Å². The number of carbonyl (C=O) groups is 1. The van der Waals surface area contributed by atoms with Crippen molar-refractivity contribution < 1.29 is 40.9 Å². The van der Waals surface area contributed by atoms with Crippen molar-refractivity contribution in [1.82, 2.24) is 9.21 Å². The number of ether oxygens (including phenoxy) is 3. The topological polar surface area (TPSA) is 152 Å². The van der Waals surface area contributed by atoms with Crippen LogP contribution in [-0.2, 0) is 20.0 Å². The Morgan fingerprint density at radius 2 is 1.55 bits per heavy atom. The minimum Gasteiger partial charge on any atom is -0.497 e. The molecule has 0 saturated heterocycles. The molecule has 44 heavy (non-hydrogen) atoms. The minimum atomic E-state index is -4.01. The van der Waals surface area contributed by atoms with E-state index in [0.717, 1.165) is 0 Å². The number of likely N-dealkylation sites (N-methyl/N-ethyl adjacent to an activating group) is 1. The molecule has 1 aliphatic heterocycles. The van der Waals surface area contributed by atoms with Crippen LogP contribution in [-0.4, -0.2) is 90.2 Å². The molecule has 0 radical (unpaired) electrons. The van der Waals surface area contributed by atoms with Gasteiger partial charge in [0.2, 0.25) is 10.0 Å². The third-order valence-electron chi connectivity index (χ3n) is 7.49. The molecule has 238 valence electrons. The van der Waals surface area contributed by atoms with Gasteiger partial charge in [-0.05, 0) is 73.7 Å². The van der Waals surface area contributed by atoms with Crippen molar-refractivity contribution in [2.75, 3.05) is 45.7 Å². The average molecular weight is 648 g/mol. The SMILES string of the molecule is COc1ccc(S(=O)(=O)Nc2ccc3c(c2)C(=O)N([C@H](C)CO)C[C@H](C)[C@H](CN(C)S(=O)(=O)c2ccc(OC)cc2)O3)cc1. The van der Waals surface area contributed by atoms with Crippen molar-refractivity contribution >= 4 is 31.6 Å². The van der Waals surface area contributed by atoms with E-state index < -0.39 is 38.1 Å². The molecule has 0 aliphatic carbocycles. The zero-order valence-electron chi connectivity index (χ0n) is 25.1. The largest absolute Gasteiger partial charge is 0.497 e. The molecule has 3 aromatic rings. The third kappa shape index (κ3) is 7.09. The molecule has 0 bridgehead atoms. The predicted molar refractivity (Wildman–Crippen MR) is 164 cm³/mol. The van der Waals surface area contributed by atoms with Crippen LogP contribution >= 0.6 is 0 Å². The van der Waals surface area contributed by atoms with Crippen molar-refractivity contribution in [3.8, 4) is 17.2 Å². The molecular formula is C30H37N3O9S2. The number of sulfonamides is 2. The zero-order valence-corrected chi connectivity index (χ0v) is 26.8. The molecule has 0 unspecified atom stereocenters. The summed E-state index contributed by atoms with van der Waals surface area (Å²) in [5, 5.41) is 9.93. The van der Waals surface area contributed by atoms with Crippen LogP contribution in [0.4, 0.5) is 5.69 Å². The highest BCUT2D eigenvalue weighted by Gasteiger charge is 2.35. The van der Waals surface area contributed by atoms with Crippen LogP contribution in [0, 0.1) is 5.92 Å². The number of hydrogen-bond acceptors (Lipinski definition) is 9. The summed E-state index contributed by atoms with van der Waals surface area (Å²) in [6.07, 6.45) is -0.699. The summed E-state index contributed by atoms with van der Waals surface area (Å²) < 4.78 is 73.1. The number of methoxy groups -OCH3 is 2. The zero-order chi connectivity index (χ0) is 32.2. The summed E-state index contributed by atoms with van der Waals surface area (Å²) in [5.41, 5.74) is 0.190. The number of hydrogen-bond donors (Lipinski definition) is 2. The van der Waals surface area contributed by atoms with Gasteiger partial charge in [0, 0.05) is 25.2 Å². The number of aliphatic hydroxyl groups is 1. The molecule has 4 rings (SSSR count). The smallest absolute Gasteiger partial charge is 0.261 e. The molecule has 1 amide bonds. The molecule has 14 heteroatoms. The Balaban J connectivity index is 1.66. The van der Waals surface area contributed by atoms with E-state index in [1.807, 2.05) is 6.92 Å². The number of nitrogens with zero attached hydrogens (tertiary/aromatic N) is 2. The average Bonchev–Trinajstić information content (AvgIpc) is 3.02. The number of rotatable bonds is 11. The van der Waals surface area contributed by atoms with Gasteiger partial charge in [0.05, 0.1) is 48.8 Å². The van der Waals surface area contributed by atoms with Gasteiger partial charge in [-0.3, -0.25) is 9.52 Å². The van der Waals surface area contributed by atoms with E-state index in [-0.39, 0.29) is 52.4 Å². The lowest BCUT2D eigenvalue weighted by Crippen LogP contribution is -2.50. The van der Waals surface area contributed by atoms with E-state index in [9.17, 15) is 26.7 Å². The normalized spacial score (nSPS) is 18.1. The summed E-state index contributed by atoms with van der Waals surface area (Å²) in [4.78, 5) is 15.3. The molecular weight excluding hydrogens is 610 g/mol. The van der Waals surface area contributed by atoms with Gasteiger partial charge < -0.3 is 24.2 Å². The summed E-state index contributed by atoms with van der Waals surface area (Å²) in [6.45, 7) is 3.33. The first kappa shape index (κ1) is 33.1. The highest BCUT2D eigenvalue weighted by atomic mass is 32.2. The molecule has 1 aliphatic rings. The molecule has 0 aromatic heterocycles. The standard InChI is InChI=1S/C30H37N3O9S2/c1-20-17-33(21(2)19-34)30(35)27-16-22(31-43(36,37)25-11-7-23(40-4)8-12-25)6-15-28(27)42-29(20)18-32(3)44(38,39)26-13-9-24(41-5)10-14-26/h6-16,20-21,29,31,34H,17-19H2,1-5H3/t20-,21+,29-/m0/s1. The van der Waals surface area contributed by atoms with Crippen LogP contribution in [0.5, 0.6) is 17.2 Å². The summed E-state index contributed by atoms with van der Waals surface area (Å²) in [6, 6.07) is 15.6. The lowest BCUT2D eigenvalue weighted by atomic mass is 9.99. The highest BCUT2D eigenvalue weighted by molar-refractivity contribution is 7.92. The van der Waals surface area contributed by atoms with Crippen molar-refractivity contribution in [2.24, 2.45) is 5.92 Å². The fourth-order valence-corrected chi connectivity index (χ4v) is 6.98. The number of nitrogens with one attached hydrogen (secondary N) is 1. The first-order valence-electron chi connectivity index (χ1n) is 13.8. The van der Waals surface area contributed by atoms with Crippen molar-refractivity contribution in [3.63, 3.8) is 0 Å². The van der Waals surface area contributed by atoms with Gasteiger partial charge in [-0.1, -0.05) is 6.92 Å². The molecule has 2 N–H and O–H groups in total. The number of carbonyl (C=O) groups excluding carboxylic acids is 1. The fourth-order valence-electron chi connectivity index (χ4n) is 4.75. The lowest BCUT2D eigenvalue weighted by Gasteiger charge is -2.38. The van der Waals surface area contributed by atoms with Gasteiger partial charge in [0.25, 0.3) is 15.9 Å². The Labute approximate surface area is 258 Å². The molecule has 12 nitrogen and oxygen atoms in total. The van der Waals surface area contributed by atoms with E-state index >= 15 is 0 Å². The van der Waals surface area contributed by atoms with Gasteiger partial charge in [0.15, 0.2) is 0 Å². The van der Waals surface area contributed by atoms with Crippen LogP contribution in [0.15, 0.2) is 76.5 Å². The molecule has 0 saturated carbocycles. The number of benzene rings is 3. The van der Waals surface area contributed by atoms with Crippen LogP contribution in [0.3, 0.4) is 0 Å². The van der Waals surface area contributed by atoms with Gasteiger partial charge in [-0.25, -0.2) is 16.8 Å². The Bertz CT molecular complexity index is 1680. The lowest BCUT2D eigenvalue weighted by molar-refractivity contribution is 0.0387. The maximum Gasteiger partial charge on any atom is 0.261 e. The van der Waals surface area contributed by atoms with Crippen LogP contribution in [0.1, 0.15) is 24.2 Å². The van der Waals surface area contributed by atoms with E-state index in [1.165, 1.54) is 85.1 Å². The van der Waals surface area contributed by atoms with Crippen molar-refractivity contribution in [1.29, 1.82) is 0 Å². The maximum absolute atomic E-state index is 13.7. The second-order valence-electron chi connectivity index (χ2n) is 10.6. The monoisotopic (exact) mass is 647 g/mol. The predicted octanol–water partition coefficient (Wildman–Crippen LogP) is 3.05. The number of fused-ring (bicyclic) bond motifs is 1. The Hall–Kier alpha value is -3.85. The number of amides is 1. The summed E-state index contributed by atoms with van der Waals surface area (Å²) in [5.74, 6) is 0.370. The maximum atomic E-state index is 13.7. The van der Waals surface area contributed by atoms with E-state index in [4.69, 9.17) is 14.2 Å². The first-order valence-corrected chi connectivity index (χ1v) is 16.7.